The van der Waals surface area contributed by atoms with Gasteiger partial charge < -0.3 is 10.1 Å². The Morgan fingerprint density at radius 3 is 3.12 bits per heavy atom. The summed E-state index contributed by atoms with van der Waals surface area (Å²) in [7, 11) is 0. The monoisotopic (exact) mass is 338 g/mol. The maximum Gasteiger partial charge on any atom is 0.256 e. The van der Waals surface area contributed by atoms with Gasteiger partial charge in [0, 0.05) is 25.1 Å². The summed E-state index contributed by atoms with van der Waals surface area (Å²) < 4.78 is 7.56. The Kier molecular flexibility index (Phi) is 4.16. The summed E-state index contributed by atoms with van der Waals surface area (Å²) in [5.41, 5.74) is 2.23. The molecule has 8 nitrogen and oxygen atoms in total. The number of fused-ring (bicyclic) bond motifs is 2. The first-order valence-corrected chi connectivity index (χ1v) is 8.18. The van der Waals surface area contributed by atoms with Crippen molar-refractivity contribution in [3.63, 3.8) is 0 Å². The predicted molar refractivity (Wildman–Crippen MR) is 91.6 cm³/mol. The lowest BCUT2D eigenvalue weighted by atomic mass is 10.1. The van der Waals surface area contributed by atoms with Gasteiger partial charge in [0.2, 0.25) is 5.95 Å². The Bertz CT molecular complexity index is 919. The fraction of sp³-hybridized carbons (Fsp3) is 0.294. The molecule has 25 heavy (non-hydrogen) atoms. The smallest absolute Gasteiger partial charge is 0.256 e. The third-order valence-corrected chi connectivity index (χ3v) is 4.13. The predicted octanol–water partition coefficient (Wildman–Crippen LogP) is 1.35. The number of H-pyrrole nitrogens is 1. The van der Waals surface area contributed by atoms with Crippen molar-refractivity contribution in [2.75, 3.05) is 11.9 Å². The van der Waals surface area contributed by atoms with Crippen molar-refractivity contribution in [3.05, 3.63) is 64.1 Å². The molecule has 0 saturated carbocycles. The standard InChI is InChI=1S/C17H18N6O2/c24-16-13-8-12-4-1-2-5-15(12)25-9-14(13)21-17(22-16)19-6-3-7-23-11-18-10-20-23/h1-2,4-5,10-11H,3,6-9H2,(H2,19,21,22,24). The molecule has 0 amide bonds. The van der Waals surface area contributed by atoms with Crippen LogP contribution in [-0.4, -0.2) is 31.3 Å². The molecule has 0 spiro atoms. The van der Waals surface area contributed by atoms with Gasteiger partial charge in [-0.2, -0.15) is 5.10 Å². The van der Waals surface area contributed by atoms with Crippen LogP contribution in [0.2, 0.25) is 0 Å². The minimum Gasteiger partial charge on any atom is -0.487 e. The Morgan fingerprint density at radius 2 is 2.24 bits per heavy atom. The van der Waals surface area contributed by atoms with E-state index in [0.717, 1.165) is 24.3 Å². The Balaban J connectivity index is 1.46. The molecule has 0 radical (unpaired) electrons. The molecular weight excluding hydrogens is 320 g/mol. The van der Waals surface area contributed by atoms with Crippen LogP contribution in [0, 0.1) is 0 Å². The fourth-order valence-electron chi connectivity index (χ4n) is 2.85. The van der Waals surface area contributed by atoms with Crippen LogP contribution in [0.25, 0.3) is 0 Å². The second-order valence-electron chi connectivity index (χ2n) is 5.85. The van der Waals surface area contributed by atoms with Crippen LogP contribution in [0.5, 0.6) is 5.75 Å². The first kappa shape index (κ1) is 15.4. The van der Waals surface area contributed by atoms with Gasteiger partial charge in [-0.15, -0.1) is 0 Å². The van der Waals surface area contributed by atoms with Gasteiger partial charge in [-0.25, -0.2) is 9.97 Å². The van der Waals surface area contributed by atoms with Gasteiger partial charge in [-0.3, -0.25) is 14.5 Å². The minimum atomic E-state index is -0.121. The average molecular weight is 338 g/mol. The molecular formula is C17H18N6O2. The molecule has 0 atom stereocenters. The van der Waals surface area contributed by atoms with Crippen molar-refractivity contribution in [2.45, 2.75) is 26.0 Å². The van der Waals surface area contributed by atoms with E-state index in [-0.39, 0.29) is 5.56 Å². The van der Waals surface area contributed by atoms with Gasteiger partial charge in [-0.1, -0.05) is 18.2 Å². The van der Waals surface area contributed by atoms with E-state index in [0.29, 0.717) is 36.8 Å². The zero-order valence-electron chi connectivity index (χ0n) is 13.6. The van der Waals surface area contributed by atoms with E-state index in [2.05, 4.69) is 25.4 Å². The van der Waals surface area contributed by atoms with Crippen molar-refractivity contribution < 1.29 is 4.74 Å². The van der Waals surface area contributed by atoms with E-state index in [1.54, 1.807) is 11.0 Å². The molecule has 0 unspecified atom stereocenters. The molecule has 0 aliphatic carbocycles. The molecule has 0 bridgehead atoms. The van der Waals surface area contributed by atoms with Gasteiger partial charge in [-0.05, 0) is 18.1 Å². The summed E-state index contributed by atoms with van der Waals surface area (Å²) in [5.74, 6) is 1.28. The molecule has 3 aromatic rings. The number of hydrogen-bond acceptors (Lipinski definition) is 6. The number of aromatic amines is 1. The largest absolute Gasteiger partial charge is 0.487 e. The number of hydrogen-bond donors (Lipinski definition) is 2. The van der Waals surface area contributed by atoms with Crippen molar-refractivity contribution in [2.24, 2.45) is 0 Å². The first-order valence-electron chi connectivity index (χ1n) is 8.18. The number of nitrogens with zero attached hydrogens (tertiary/aromatic N) is 4. The second-order valence-corrected chi connectivity index (χ2v) is 5.85. The SMILES string of the molecule is O=c1[nH]c(NCCCn2cncn2)nc2c1Cc1ccccc1OC2. The number of benzene rings is 1. The molecule has 128 valence electrons. The molecule has 0 saturated heterocycles. The first-order chi connectivity index (χ1) is 12.3. The summed E-state index contributed by atoms with van der Waals surface area (Å²) in [5, 5.41) is 7.21. The Hall–Kier alpha value is -3.16. The lowest BCUT2D eigenvalue weighted by Crippen LogP contribution is -2.21. The lowest BCUT2D eigenvalue weighted by Gasteiger charge is -2.09. The van der Waals surface area contributed by atoms with E-state index in [1.165, 1.54) is 6.33 Å². The van der Waals surface area contributed by atoms with Crippen LogP contribution in [0.3, 0.4) is 0 Å². The quantitative estimate of drug-likeness (QED) is 0.682. The van der Waals surface area contributed by atoms with E-state index >= 15 is 0 Å². The van der Waals surface area contributed by atoms with Crippen molar-refractivity contribution >= 4 is 5.95 Å². The molecule has 1 aliphatic rings. The maximum absolute atomic E-state index is 12.5. The van der Waals surface area contributed by atoms with Gasteiger partial charge in [0.25, 0.3) is 5.56 Å². The normalized spacial score (nSPS) is 12.6. The molecule has 0 fully saturated rings. The summed E-state index contributed by atoms with van der Waals surface area (Å²) >= 11 is 0. The molecule has 1 aromatic carbocycles. The van der Waals surface area contributed by atoms with Gasteiger partial charge in [0.1, 0.15) is 25.0 Å². The van der Waals surface area contributed by atoms with Gasteiger partial charge in [0.15, 0.2) is 0 Å². The van der Waals surface area contributed by atoms with E-state index in [4.69, 9.17) is 4.74 Å². The molecule has 1 aliphatic heterocycles. The topological polar surface area (TPSA) is 97.7 Å². The number of aryl methyl sites for hydroxylation is 1. The van der Waals surface area contributed by atoms with Crippen LogP contribution in [0.15, 0.2) is 41.7 Å². The lowest BCUT2D eigenvalue weighted by molar-refractivity contribution is 0.302. The number of anilines is 1. The summed E-state index contributed by atoms with van der Waals surface area (Å²) in [4.78, 5) is 23.7. The highest BCUT2D eigenvalue weighted by Gasteiger charge is 2.18. The zero-order chi connectivity index (χ0) is 17.1. The Morgan fingerprint density at radius 1 is 1.32 bits per heavy atom. The van der Waals surface area contributed by atoms with Crippen LogP contribution >= 0.6 is 0 Å². The van der Waals surface area contributed by atoms with E-state index in [9.17, 15) is 4.79 Å². The van der Waals surface area contributed by atoms with Crippen molar-refractivity contribution in [1.82, 2.24) is 24.7 Å². The van der Waals surface area contributed by atoms with Crippen molar-refractivity contribution in [1.29, 1.82) is 0 Å². The third-order valence-electron chi connectivity index (χ3n) is 4.13. The van der Waals surface area contributed by atoms with Gasteiger partial charge >= 0.3 is 0 Å². The van der Waals surface area contributed by atoms with E-state index in [1.807, 2.05) is 24.3 Å². The summed E-state index contributed by atoms with van der Waals surface area (Å²) in [6.07, 6.45) is 4.56. The van der Waals surface area contributed by atoms with Crippen molar-refractivity contribution in [3.8, 4) is 5.75 Å². The van der Waals surface area contributed by atoms with E-state index < -0.39 is 0 Å². The highest BCUT2D eigenvalue weighted by molar-refractivity contribution is 5.41. The Labute approximate surface area is 143 Å². The number of aromatic nitrogens is 5. The van der Waals surface area contributed by atoms with Crippen LogP contribution in [-0.2, 0) is 19.6 Å². The number of nitrogens with one attached hydrogen (secondary N) is 2. The van der Waals surface area contributed by atoms with Crippen LogP contribution in [0.1, 0.15) is 23.2 Å². The second kappa shape index (κ2) is 6.76. The highest BCUT2D eigenvalue weighted by Crippen LogP contribution is 2.25. The van der Waals surface area contributed by atoms with Crippen LogP contribution < -0.4 is 15.6 Å². The number of rotatable bonds is 5. The zero-order valence-corrected chi connectivity index (χ0v) is 13.6. The highest BCUT2D eigenvalue weighted by atomic mass is 16.5. The molecule has 2 N–H and O–H groups in total. The fourth-order valence-corrected chi connectivity index (χ4v) is 2.85. The molecule has 4 rings (SSSR count). The van der Waals surface area contributed by atoms with Crippen LogP contribution in [0.4, 0.5) is 5.95 Å². The molecule has 3 heterocycles. The number of ether oxygens (including phenoxy) is 1. The summed E-state index contributed by atoms with van der Waals surface area (Å²) in [6.45, 7) is 1.72. The van der Waals surface area contributed by atoms with Gasteiger partial charge in [0.05, 0.1) is 5.69 Å². The average Bonchev–Trinajstić information content (AvgIpc) is 3.06. The maximum atomic E-state index is 12.5. The molecule has 8 heteroatoms. The number of para-hydroxylation sites is 1. The minimum absolute atomic E-state index is 0.121. The third kappa shape index (κ3) is 3.37. The summed E-state index contributed by atoms with van der Waals surface area (Å²) in [6, 6.07) is 7.76. The molecule has 2 aromatic heterocycles.